The highest BCUT2D eigenvalue weighted by atomic mass is 16.7. The van der Waals surface area contributed by atoms with Crippen LogP contribution in [0.1, 0.15) is 70.7 Å². The number of aromatic amines is 1. The Morgan fingerprint density at radius 3 is 2.63 bits per heavy atom. The van der Waals surface area contributed by atoms with Crippen molar-refractivity contribution in [2.24, 2.45) is 11.5 Å². The molecule has 7 heterocycles. The van der Waals surface area contributed by atoms with E-state index in [1.165, 1.54) is 0 Å². The Bertz CT molecular complexity index is 2720. The van der Waals surface area contributed by atoms with E-state index in [4.69, 9.17) is 44.6 Å². The molecule has 10 unspecified atom stereocenters. The van der Waals surface area contributed by atoms with Gasteiger partial charge < -0.3 is 79.7 Å². The van der Waals surface area contributed by atoms with Gasteiger partial charge in [0.2, 0.25) is 12.0 Å². The summed E-state index contributed by atoms with van der Waals surface area (Å²) in [6.07, 6.45) is -8.88. The number of benzene rings is 3. The molecule has 5 aliphatic heterocycles. The molecular weight excluding hydrogens is 845 g/mol. The van der Waals surface area contributed by atoms with Gasteiger partial charge in [0.25, 0.3) is 0 Å². The molecule has 0 spiro atoms. The second kappa shape index (κ2) is 16.6. The Balaban J connectivity index is 1.15. The predicted molar refractivity (Wildman–Crippen MR) is 227 cm³/mol. The average molecular weight is 893 g/mol. The molecule has 340 valence electrons. The molecule has 5 aromatic rings. The SMILES string of the molecule is COc1ccc2c3c1OCCC#CC(c1ccccc1)C1Oc4cc5c(c(Cn6cc7cc[nH]c7c6CO)c4C(O3)C21)CCC1(O)C(O5)OC(C(OC(=O)CC(=O)O)C(N)N)C(O)C1O. The number of carboxylic acids is 1. The van der Waals surface area contributed by atoms with Crippen molar-refractivity contribution in [2.45, 2.75) is 105 Å². The number of carbonyl (C=O) groups is 2. The van der Waals surface area contributed by atoms with Crippen LogP contribution in [0.5, 0.6) is 28.7 Å². The third-order valence-electron chi connectivity index (χ3n) is 13.2. The Kier molecular flexibility index (Phi) is 10.9. The first-order chi connectivity index (χ1) is 31.4. The van der Waals surface area contributed by atoms with E-state index >= 15 is 0 Å². The number of hydrogen-bond donors (Lipinski definition) is 8. The van der Waals surface area contributed by atoms with Gasteiger partial charge in [-0.2, -0.15) is 0 Å². The lowest BCUT2D eigenvalue weighted by molar-refractivity contribution is -0.329. The van der Waals surface area contributed by atoms with E-state index in [0.717, 1.165) is 22.0 Å². The Labute approximate surface area is 371 Å². The number of aliphatic carboxylic acids is 1. The first kappa shape index (κ1) is 42.6. The smallest absolute Gasteiger partial charge is 0.317 e. The molecule has 3 aromatic carbocycles. The van der Waals surface area contributed by atoms with Crippen molar-refractivity contribution in [3.63, 3.8) is 0 Å². The van der Waals surface area contributed by atoms with Gasteiger partial charge in [-0.1, -0.05) is 48.2 Å². The van der Waals surface area contributed by atoms with Crippen LogP contribution in [0, 0.1) is 11.8 Å². The molecule has 65 heavy (non-hydrogen) atoms. The fourth-order valence-corrected chi connectivity index (χ4v) is 10.2. The van der Waals surface area contributed by atoms with Gasteiger partial charge in [-0.3, -0.25) is 9.59 Å². The zero-order valence-corrected chi connectivity index (χ0v) is 35.1. The third kappa shape index (κ3) is 7.11. The summed E-state index contributed by atoms with van der Waals surface area (Å²) in [5.74, 6) is 5.22. The van der Waals surface area contributed by atoms with Gasteiger partial charge in [-0.05, 0) is 36.1 Å². The van der Waals surface area contributed by atoms with Crippen LogP contribution in [0.2, 0.25) is 0 Å². The largest absolute Gasteiger partial charge is 0.493 e. The molecular formula is C47H48N4O14. The van der Waals surface area contributed by atoms with Crippen LogP contribution in [-0.4, -0.2) is 109 Å². The molecule has 0 aliphatic carbocycles. The van der Waals surface area contributed by atoms with Crippen molar-refractivity contribution in [1.82, 2.24) is 9.55 Å². The van der Waals surface area contributed by atoms with Crippen LogP contribution in [0.15, 0.2) is 67.0 Å². The van der Waals surface area contributed by atoms with Crippen LogP contribution in [0.3, 0.4) is 0 Å². The molecule has 10 atom stereocenters. The van der Waals surface area contributed by atoms with Crippen molar-refractivity contribution in [3.8, 4) is 40.6 Å². The number of H-pyrrole nitrogens is 1. The second-order valence-electron chi connectivity index (χ2n) is 17.0. The lowest BCUT2D eigenvalue weighted by Crippen LogP contribution is -2.71. The Morgan fingerprint density at radius 2 is 1.88 bits per heavy atom. The van der Waals surface area contributed by atoms with Crippen molar-refractivity contribution in [3.05, 3.63) is 101 Å². The van der Waals surface area contributed by atoms with Crippen molar-refractivity contribution in [1.29, 1.82) is 0 Å². The van der Waals surface area contributed by atoms with Gasteiger partial charge in [-0.15, -0.1) is 0 Å². The Hall–Kier alpha value is -6.30. The minimum absolute atomic E-state index is 0.0673. The van der Waals surface area contributed by atoms with Crippen LogP contribution >= 0.6 is 0 Å². The van der Waals surface area contributed by atoms with E-state index in [0.29, 0.717) is 51.8 Å². The topological polar surface area (TPSA) is 273 Å². The fraction of sp³-hybridized carbons (Fsp3) is 0.404. The Morgan fingerprint density at radius 1 is 1.06 bits per heavy atom. The minimum Gasteiger partial charge on any atom is -0.493 e. The molecule has 10 N–H and O–H groups in total. The van der Waals surface area contributed by atoms with Crippen LogP contribution in [-0.2, 0) is 38.6 Å². The van der Waals surface area contributed by atoms with Gasteiger partial charge in [-0.25, -0.2) is 0 Å². The fourth-order valence-electron chi connectivity index (χ4n) is 10.2. The first-order valence-electron chi connectivity index (χ1n) is 21.4. The average Bonchev–Trinajstić information content (AvgIpc) is 3.97. The maximum absolute atomic E-state index is 12.5. The molecule has 1 saturated heterocycles. The third-order valence-corrected chi connectivity index (χ3v) is 13.2. The van der Waals surface area contributed by atoms with Gasteiger partial charge in [0, 0.05) is 53.5 Å². The highest BCUT2D eigenvalue weighted by molar-refractivity contribution is 5.90. The number of aromatic nitrogens is 2. The lowest BCUT2D eigenvalue weighted by Gasteiger charge is -2.48. The van der Waals surface area contributed by atoms with E-state index < -0.39 is 84.9 Å². The number of ether oxygens (including phenoxy) is 7. The predicted octanol–water partition coefficient (Wildman–Crippen LogP) is 2.20. The molecule has 10 rings (SSSR count). The monoisotopic (exact) mass is 892 g/mol. The molecule has 5 aliphatic rings. The van der Waals surface area contributed by atoms with Crippen LogP contribution in [0.25, 0.3) is 10.9 Å². The number of aliphatic hydroxyl groups is 4. The number of nitrogens with one attached hydrogen (secondary N) is 1. The summed E-state index contributed by atoms with van der Waals surface area (Å²) < 4.78 is 46.6. The van der Waals surface area contributed by atoms with Gasteiger partial charge in [0.05, 0.1) is 49.5 Å². The number of carboxylic acid groups (broad SMARTS) is 1. The van der Waals surface area contributed by atoms with Gasteiger partial charge in [0.1, 0.15) is 48.4 Å². The quantitative estimate of drug-likeness (QED) is 0.0432. The summed E-state index contributed by atoms with van der Waals surface area (Å²) in [4.78, 5) is 27.1. The van der Waals surface area contributed by atoms with Crippen molar-refractivity contribution >= 4 is 22.8 Å². The van der Waals surface area contributed by atoms with E-state index in [1.807, 2.05) is 59.3 Å². The summed E-state index contributed by atoms with van der Waals surface area (Å²) in [5.41, 5.74) is 14.8. The van der Waals surface area contributed by atoms with Crippen molar-refractivity contribution in [2.75, 3.05) is 13.7 Å². The molecule has 0 amide bonds. The zero-order valence-electron chi connectivity index (χ0n) is 35.1. The first-order valence-corrected chi connectivity index (χ1v) is 21.4. The molecule has 1 fully saturated rings. The summed E-state index contributed by atoms with van der Waals surface area (Å²) in [6.45, 7) is 0.129. The number of rotatable bonds is 10. The van der Waals surface area contributed by atoms with Gasteiger partial charge >= 0.3 is 11.9 Å². The zero-order chi connectivity index (χ0) is 45.3. The number of carbonyl (C=O) groups excluding carboxylic acids is 1. The summed E-state index contributed by atoms with van der Waals surface area (Å²) >= 11 is 0. The van der Waals surface area contributed by atoms with Crippen molar-refractivity contribution < 1.29 is 68.3 Å². The number of nitrogens with two attached hydrogens (primary N) is 2. The molecule has 2 aromatic heterocycles. The lowest BCUT2D eigenvalue weighted by atomic mass is 9.75. The minimum atomic E-state index is -2.27. The summed E-state index contributed by atoms with van der Waals surface area (Å²) in [5, 5.41) is 56.4. The maximum atomic E-state index is 12.5. The highest BCUT2D eigenvalue weighted by Crippen LogP contribution is 2.61. The molecule has 18 heteroatoms. The van der Waals surface area contributed by atoms with Crippen LogP contribution in [0.4, 0.5) is 0 Å². The maximum Gasteiger partial charge on any atom is 0.317 e. The summed E-state index contributed by atoms with van der Waals surface area (Å²) in [6, 6.07) is 17.3. The number of methoxy groups -OCH3 is 1. The number of hydrogen-bond acceptors (Lipinski definition) is 15. The highest BCUT2D eigenvalue weighted by Gasteiger charge is 2.60. The number of nitrogens with zero attached hydrogens (tertiary/aromatic N) is 1. The molecule has 0 saturated carbocycles. The summed E-state index contributed by atoms with van der Waals surface area (Å²) in [7, 11) is 1.57. The number of aliphatic hydroxyl groups excluding tert-OH is 3. The van der Waals surface area contributed by atoms with E-state index in [9.17, 15) is 35.1 Å². The number of esters is 1. The molecule has 0 radical (unpaired) electrons. The number of fused-ring (bicyclic) bond motifs is 5. The molecule has 18 nitrogen and oxygen atoms in total. The van der Waals surface area contributed by atoms with E-state index in [-0.39, 0.29) is 38.3 Å². The van der Waals surface area contributed by atoms with E-state index in [2.05, 4.69) is 16.8 Å². The normalized spacial score (nSPS) is 27.7. The standard InChI is InChI=1S/C47H48N4O14/c1-59-29-11-10-26-35-38-24(22-7-3-2-4-8-22)9-5-6-16-60-40(29)39(26)64-41(35)34-27(20-51-19-23-13-15-50-36(23)28(51)21-52)25-12-14-47(58)44(57)37(56)42(43(45(48)49)63-33(55)18-32(53)54)65-46(47)62-30(25)17-31(34)61-38/h2-4,7-8,10-11,13,15,17,19,24,35,37-38,41-46,50,52,56-58H,6,12,14,16,18,20-21,48-49H2,1H3,(H,53,54). The molecule has 4 bridgehead atoms. The van der Waals surface area contributed by atoms with Crippen LogP contribution < -0.4 is 35.2 Å². The van der Waals surface area contributed by atoms with E-state index in [1.54, 1.807) is 19.4 Å². The second-order valence-corrected chi connectivity index (χ2v) is 17.0. The van der Waals surface area contributed by atoms with Gasteiger partial charge in [0.15, 0.2) is 23.2 Å².